The van der Waals surface area contributed by atoms with Gasteiger partial charge in [0, 0.05) is 61.7 Å². The van der Waals surface area contributed by atoms with E-state index < -0.39 is 0 Å². The Morgan fingerprint density at radius 2 is 1.76 bits per heavy atom. The first kappa shape index (κ1) is 25.3. The molecule has 0 bridgehead atoms. The number of benzene rings is 1. The number of fused-ring (bicyclic) bond motifs is 1. The van der Waals surface area contributed by atoms with Crippen LogP contribution in [-0.4, -0.2) is 76.6 Å². The summed E-state index contributed by atoms with van der Waals surface area (Å²) in [5, 5.41) is 4.80. The third-order valence-electron chi connectivity index (χ3n) is 7.09. The highest BCUT2D eigenvalue weighted by Crippen LogP contribution is 2.33. The van der Waals surface area contributed by atoms with E-state index in [1.807, 2.05) is 47.5 Å². The number of hydrogen-bond acceptors (Lipinski definition) is 7. The first-order chi connectivity index (χ1) is 18.4. The van der Waals surface area contributed by atoms with Crippen molar-refractivity contribution in [3.63, 3.8) is 0 Å². The summed E-state index contributed by atoms with van der Waals surface area (Å²) in [4.78, 5) is 33.8. The van der Waals surface area contributed by atoms with Crippen LogP contribution in [0, 0.1) is 13.8 Å². The standard InChI is InChI=1S/C28H31N5O5/c1-18-21(9-10-27(34)31-11-13-32(14-12-31)28(35)24-6-5-15-38-24)19(2)33-26(29-18)17-23(30-33)22-8-7-20(36-3)16-25(22)37-4/h5-8,15-17H,9-14H2,1-4H3. The van der Waals surface area contributed by atoms with Crippen molar-refractivity contribution in [1.82, 2.24) is 24.4 Å². The Morgan fingerprint density at radius 1 is 1.00 bits per heavy atom. The van der Waals surface area contributed by atoms with Crippen LogP contribution in [0.5, 0.6) is 11.5 Å². The summed E-state index contributed by atoms with van der Waals surface area (Å²) < 4.78 is 17.9. The van der Waals surface area contributed by atoms with Gasteiger partial charge >= 0.3 is 0 Å². The minimum atomic E-state index is -0.140. The van der Waals surface area contributed by atoms with Gasteiger partial charge in [0.05, 0.1) is 26.2 Å². The number of piperazine rings is 1. The first-order valence-electron chi connectivity index (χ1n) is 12.6. The van der Waals surface area contributed by atoms with E-state index in [0.29, 0.717) is 56.3 Å². The molecule has 0 spiro atoms. The molecule has 198 valence electrons. The Bertz CT molecular complexity index is 1470. The molecule has 5 rings (SSSR count). The number of aromatic nitrogens is 3. The molecule has 0 unspecified atom stereocenters. The van der Waals surface area contributed by atoms with Gasteiger partial charge < -0.3 is 23.7 Å². The lowest BCUT2D eigenvalue weighted by Crippen LogP contribution is -2.50. The van der Waals surface area contributed by atoms with Crippen molar-refractivity contribution in [2.45, 2.75) is 26.7 Å². The van der Waals surface area contributed by atoms with E-state index in [4.69, 9.17) is 24.0 Å². The largest absolute Gasteiger partial charge is 0.497 e. The Balaban J connectivity index is 1.27. The van der Waals surface area contributed by atoms with Crippen LogP contribution in [0.3, 0.4) is 0 Å². The van der Waals surface area contributed by atoms with Crippen LogP contribution in [0.4, 0.5) is 0 Å². The molecule has 1 fully saturated rings. The minimum Gasteiger partial charge on any atom is -0.497 e. The fourth-order valence-electron chi connectivity index (χ4n) is 4.94. The zero-order valence-electron chi connectivity index (χ0n) is 22.1. The maximum atomic E-state index is 13.0. The zero-order valence-corrected chi connectivity index (χ0v) is 22.1. The van der Waals surface area contributed by atoms with Gasteiger partial charge in [-0.2, -0.15) is 5.10 Å². The Labute approximate surface area is 220 Å². The summed E-state index contributed by atoms with van der Waals surface area (Å²) in [5.74, 6) is 1.62. The van der Waals surface area contributed by atoms with Crippen molar-refractivity contribution in [2.75, 3.05) is 40.4 Å². The van der Waals surface area contributed by atoms with Gasteiger partial charge in [-0.25, -0.2) is 9.50 Å². The molecule has 0 atom stereocenters. The van der Waals surface area contributed by atoms with Gasteiger partial charge in [0.25, 0.3) is 5.91 Å². The number of ether oxygens (including phenoxy) is 2. The van der Waals surface area contributed by atoms with Gasteiger partial charge in [0.1, 0.15) is 11.5 Å². The van der Waals surface area contributed by atoms with Gasteiger partial charge in [-0.3, -0.25) is 9.59 Å². The van der Waals surface area contributed by atoms with Gasteiger partial charge in [-0.15, -0.1) is 0 Å². The number of rotatable bonds is 7. The maximum Gasteiger partial charge on any atom is 0.289 e. The molecule has 38 heavy (non-hydrogen) atoms. The Hall–Kier alpha value is -4.34. The number of nitrogens with zero attached hydrogens (tertiary/aromatic N) is 5. The van der Waals surface area contributed by atoms with Crippen LogP contribution < -0.4 is 9.47 Å². The lowest BCUT2D eigenvalue weighted by Gasteiger charge is -2.34. The third kappa shape index (κ3) is 4.81. The van der Waals surface area contributed by atoms with E-state index in [1.54, 1.807) is 31.3 Å². The molecule has 4 aromatic rings. The van der Waals surface area contributed by atoms with Crippen LogP contribution >= 0.6 is 0 Å². The Kier molecular flexibility index (Phi) is 7.04. The average Bonchev–Trinajstić information content (AvgIpc) is 3.63. The SMILES string of the molecule is COc1ccc(-c2cc3nc(C)c(CCC(=O)N4CCN(C(=O)c5ccco5)CC4)c(C)n3n2)c(OC)c1. The molecule has 10 nitrogen and oxygen atoms in total. The van der Waals surface area contributed by atoms with Crippen molar-refractivity contribution in [2.24, 2.45) is 0 Å². The second kappa shape index (κ2) is 10.6. The fourth-order valence-corrected chi connectivity index (χ4v) is 4.94. The second-order valence-corrected chi connectivity index (χ2v) is 9.28. The number of amides is 2. The molecular formula is C28H31N5O5. The van der Waals surface area contributed by atoms with E-state index >= 15 is 0 Å². The summed E-state index contributed by atoms with van der Waals surface area (Å²) in [6.07, 6.45) is 2.41. The minimum absolute atomic E-state index is 0.0677. The fraction of sp³-hybridized carbons (Fsp3) is 0.357. The average molecular weight is 518 g/mol. The second-order valence-electron chi connectivity index (χ2n) is 9.28. The molecule has 0 N–H and O–H groups in total. The molecule has 1 aliphatic heterocycles. The molecule has 1 aromatic carbocycles. The number of carbonyl (C=O) groups excluding carboxylic acids is 2. The van der Waals surface area contributed by atoms with E-state index in [0.717, 1.165) is 33.9 Å². The lowest BCUT2D eigenvalue weighted by molar-refractivity contribution is -0.132. The van der Waals surface area contributed by atoms with E-state index in [2.05, 4.69) is 0 Å². The van der Waals surface area contributed by atoms with Crippen LogP contribution in [-0.2, 0) is 11.2 Å². The summed E-state index contributed by atoms with van der Waals surface area (Å²) in [5.41, 5.74) is 5.17. The van der Waals surface area contributed by atoms with Gasteiger partial charge in [0.2, 0.25) is 5.91 Å². The Morgan fingerprint density at radius 3 is 2.45 bits per heavy atom. The normalized spacial score (nSPS) is 13.7. The molecule has 1 aliphatic rings. The summed E-state index contributed by atoms with van der Waals surface area (Å²) in [6, 6.07) is 10.9. The highest BCUT2D eigenvalue weighted by molar-refractivity contribution is 5.91. The van der Waals surface area contributed by atoms with Gasteiger partial charge in [-0.05, 0) is 50.1 Å². The number of carbonyl (C=O) groups is 2. The van der Waals surface area contributed by atoms with Crippen molar-refractivity contribution in [3.05, 3.63) is 65.4 Å². The number of methoxy groups -OCH3 is 2. The number of aryl methyl sites for hydroxylation is 2. The van der Waals surface area contributed by atoms with Crippen LogP contribution in [0.15, 0.2) is 47.1 Å². The van der Waals surface area contributed by atoms with Crippen molar-refractivity contribution in [1.29, 1.82) is 0 Å². The molecule has 0 radical (unpaired) electrons. The van der Waals surface area contributed by atoms with Crippen molar-refractivity contribution >= 4 is 17.5 Å². The van der Waals surface area contributed by atoms with Crippen LogP contribution in [0.1, 0.15) is 33.9 Å². The van der Waals surface area contributed by atoms with E-state index in [9.17, 15) is 9.59 Å². The lowest BCUT2D eigenvalue weighted by atomic mass is 10.1. The highest BCUT2D eigenvalue weighted by Gasteiger charge is 2.26. The molecule has 3 aromatic heterocycles. The molecular weight excluding hydrogens is 486 g/mol. The predicted octanol–water partition coefficient (Wildman–Crippen LogP) is 3.54. The van der Waals surface area contributed by atoms with Gasteiger partial charge in [0.15, 0.2) is 11.4 Å². The van der Waals surface area contributed by atoms with Crippen LogP contribution in [0.25, 0.3) is 16.9 Å². The first-order valence-corrected chi connectivity index (χ1v) is 12.6. The zero-order chi connectivity index (χ0) is 26.8. The maximum absolute atomic E-state index is 13.0. The molecule has 10 heteroatoms. The smallest absolute Gasteiger partial charge is 0.289 e. The topological polar surface area (TPSA) is 102 Å². The van der Waals surface area contributed by atoms with Crippen LogP contribution in [0.2, 0.25) is 0 Å². The predicted molar refractivity (Wildman–Crippen MR) is 141 cm³/mol. The molecule has 0 saturated carbocycles. The van der Waals surface area contributed by atoms with E-state index in [-0.39, 0.29) is 11.8 Å². The monoisotopic (exact) mass is 517 g/mol. The van der Waals surface area contributed by atoms with Crippen molar-refractivity contribution < 1.29 is 23.5 Å². The molecule has 2 amide bonds. The number of hydrogen-bond donors (Lipinski definition) is 0. The molecule has 0 aliphatic carbocycles. The quantitative estimate of drug-likeness (QED) is 0.369. The van der Waals surface area contributed by atoms with E-state index in [1.165, 1.54) is 6.26 Å². The summed E-state index contributed by atoms with van der Waals surface area (Å²) >= 11 is 0. The highest BCUT2D eigenvalue weighted by atomic mass is 16.5. The number of furan rings is 1. The van der Waals surface area contributed by atoms with Crippen molar-refractivity contribution in [3.8, 4) is 22.8 Å². The summed E-state index contributed by atoms with van der Waals surface area (Å²) in [7, 11) is 3.23. The molecule has 4 heterocycles. The third-order valence-corrected chi connectivity index (χ3v) is 7.09. The summed E-state index contributed by atoms with van der Waals surface area (Å²) in [6.45, 7) is 5.96. The van der Waals surface area contributed by atoms with Gasteiger partial charge in [-0.1, -0.05) is 0 Å². The molecule has 1 saturated heterocycles.